The molecule has 0 nitrogen and oxygen atoms in total. The quantitative estimate of drug-likeness (QED) is 0.0526. The minimum absolute atomic E-state index is 0.271. The molecule has 6 rings (SSSR count). The van der Waals surface area contributed by atoms with Crippen LogP contribution in [0, 0.1) is 116 Å². The van der Waals surface area contributed by atoms with Crippen LogP contribution in [0.5, 0.6) is 0 Å². The van der Waals surface area contributed by atoms with Gasteiger partial charge in [-0.05, 0) is 24.3 Å². The van der Waals surface area contributed by atoms with Crippen molar-refractivity contribution in [2.75, 3.05) is 0 Å². The zero-order valence-electron chi connectivity index (χ0n) is 27.5. The van der Waals surface area contributed by atoms with Gasteiger partial charge in [0.1, 0.15) is 52.7 Å². The lowest BCUT2D eigenvalue weighted by molar-refractivity contribution is 0.378. The average Bonchev–Trinajstić information content (AvgIpc) is 3.21. The Kier molecular flexibility index (Phi) is 12.3. The fraction of sp³-hybridized carbons (Fsp3) is 0. The molecule has 0 radical (unpaired) electrons. The van der Waals surface area contributed by atoms with Crippen molar-refractivity contribution in [2.45, 2.75) is 0 Å². The monoisotopic (exact) mass is 866 g/mol. The Morgan fingerprint density at radius 3 is 0.552 bits per heavy atom. The number of halogens is 20. The SMILES string of the molecule is Fc1c(F)c(F)c([B-](c2c(F)c(F)c(F)c(F)c2F)(c2c(F)c(F)c(F)c(F)c2F)c2c(F)c(F)c(F)c(F)c2F)c(F)c1F.c1ccc([PH2+]c2ccccc2)cc1. The van der Waals surface area contributed by atoms with Crippen LogP contribution in [0.2, 0.25) is 0 Å². The molecule has 0 aromatic heterocycles. The van der Waals surface area contributed by atoms with E-state index in [2.05, 4.69) is 60.7 Å². The van der Waals surface area contributed by atoms with Crippen LogP contribution in [-0.4, -0.2) is 6.15 Å². The van der Waals surface area contributed by atoms with E-state index in [1.165, 1.54) is 10.6 Å². The number of hydrogen-bond donors (Lipinski definition) is 0. The lowest BCUT2D eigenvalue weighted by Crippen LogP contribution is -2.81. The number of hydrogen-bond acceptors (Lipinski definition) is 0. The molecule has 6 aromatic carbocycles. The van der Waals surface area contributed by atoms with Gasteiger partial charge in [0.15, 0.2) is 69.8 Å². The van der Waals surface area contributed by atoms with Gasteiger partial charge in [-0.2, -0.15) is 0 Å². The third-order valence-electron chi connectivity index (χ3n) is 8.64. The van der Waals surface area contributed by atoms with Gasteiger partial charge in [0.05, 0.1) is 19.2 Å². The van der Waals surface area contributed by atoms with Gasteiger partial charge < -0.3 is 0 Å². The fourth-order valence-corrected chi connectivity index (χ4v) is 7.38. The van der Waals surface area contributed by atoms with Gasteiger partial charge >= 0.3 is 0 Å². The van der Waals surface area contributed by atoms with Crippen molar-refractivity contribution in [3.05, 3.63) is 177 Å². The first-order chi connectivity index (χ1) is 27.2. The van der Waals surface area contributed by atoms with Crippen molar-refractivity contribution in [2.24, 2.45) is 0 Å². The molecule has 0 bridgehead atoms. The molecule has 0 aliphatic rings. The first-order valence-electron chi connectivity index (χ1n) is 15.3. The van der Waals surface area contributed by atoms with Gasteiger partial charge in [-0.25, -0.2) is 87.8 Å². The highest BCUT2D eigenvalue weighted by Crippen LogP contribution is 2.30. The Morgan fingerprint density at radius 1 is 0.224 bits per heavy atom. The third-order valence-corrected chi connectivity index (χ3v) is 10.1. The van der Waals surface area contributed by atoms with Crippen molar-refractivity contribution in [3.63, 3.8) is 0 Å². The molecule has 58 heavy (non-hydrogen) atoms. The van der Waals surface area contributed by atoms with E-state index in [0.717, 1.165) is 0 Å². The molecule has 0 atom stereocenters. The molecule has 0 spiro atoms. The maximum Gasteiger partial charge on any atom is 0.200 e. The summed E-state index contributed by atoms with van der Waals surface area (Å²) < 4.78 is 294. The molecule has 0 amide bonds. The highest BCUT2D eigenvalue weighted by atomic mass is 31.1. The van der Waals surface area contributed by atoms with E-state index in [0.29, 0.717) is 0 Å². The van der Waals surface area contributed by atoms with Crippen LogP contribution in [0.15, 0.2) is 60.7 Å². The summed E-state index contributed by atoms with van der Waals surface area (Å²) >= 11 is 0. The summed E-state index contributed by atoms with van der Waals surface area (Å²) in [5.74, 6) is -71.4. The van der Waals surface area contributed by atoms with Crippen LogP contribution in [0.1, 0.15) is 0 Å². The van der Waals surface area contributed by atoms with Crippen LogP contribution in [-0.2, 0) is 0 Å². The van der Waals surface area contributed by atoms with Gasteiger partial charge in [-0.3, -0.25) is 0 Å². The maximum absolute atomic E-state index is 15.4. The first kappa shape index (κ1) is 43.5. The number of benzene rings is 6. The third kappa shape index (κ3) is 6.81. The van der Waals surface area contributed by atoms with Crippen molar-refractivity contribution < 1.29 is 87.8 Å². The second kappa shape index (κ2) is 16.3. The molecule has 0 heterocycles. The van der Waals surface area contributed by atoms with Crippen LogP contribution in [0.25, 0.3) is 0 Å². The Morgan fingerprint density at radius 2 is 0.379 bits per heavy atom. The summed E-state index contributed by atoms with van der Waals surface area (Å²) in [7, 11) is 0.271. The molecule has 22 heteroatoms. The van der Waals surface area contributed by atoms with Crippen molar-refractivity contribution in [1.82, 2.24) is 0 Å². The van der Waals surface area contributed by atoms with Gasteiger partial charge in [0.2, 0.25) is 0 Å². The van der Waals surface area contributed by atoms with Gasteiger partial charge in [0.25, 0.3) is 0 Å². The number of rotatable bonds is 6. The molecule has 304 valence electrons. The van der Waals surface area contributed by atoms with Crippen LogP contribution >= 0.6 is 8.58 Å². The van der Waals surface area contributed by atoms with E-state index in [-0.39, 0.29) is 8.58 Å². The average molecular weight is 866 g/mol. The van der Waals surface area contributed by atoms with Crippen LogP contribution in [0.4, 0.5) is 87.8 Å². The molecule has 6 aromatic rings. The Bertz CT molecular complexity index is 2170. The largest absolute Gasteiger partial charge is 0.207 e. The molecule has 0 saturated carbocycles. The highest BCUT2D eigenvalue weighted by Gasteiger charge is 2.52. The standard InChI is InChI=1S/C24BF20.C12H11P/c26-5-1(6(27)14(35)21(42)13(5)34)25(2-7(28)15(36)22(43)16(37)8(2)29,3-9(30)17(38)23(44)18(39)10(3)31)4-11(32)19(40)24(45)20(41)12(4)33;1-3-7-11(8-4-1)13-12-9-5-2-6-10-12/h;1-10,13H/q-1;/p+1. The van der Waals surface area contributed by atoms with E-state index in [1.807, 2.05) is 0 Å². The Balaban J connectivity index is 0.000000414. The normalized spacial score (nSPS) is 11.5. The lowest BCUT2D eigenvalue weighted by atomic mass is 9.12. The molecule has 0 aliphatic carbocycles. The highest BCUT2D eigenvalue weighted by molar-refractivity contribution is 7.55. The van der Waals surface area contributed by atoms with E-state index >= 15 is 35.1 Å². The topological polar surface area (TPSA) is 0 Å². The van der Waals surface area contributed by atoms with E-state index < -0.39 is 144 Å². The summed E-state index contributed by atoms with van der Waals surface area (Å²) in [5.41, 5.74) is -14.3. The summed E-state index contributed by atoms with van der Waals surface area (Å²) in [6.45, 7) is 0. The first-order valence-corrected chi connectivity index (χ1v) is 16.5. The minimum Gasteiger partial charge on any atom is -0.207 e. The van der Waals surface area contributed by atoms with Crippen molar-refractivity contribution in [3.8, 4) is 0 Å². The van der Waals surface area contributed by atoms with Gasteiger partial charge in [-0.15, -0.1) is 21.9 Å². The zero-order chi connectivity index (χ0) is 43.3. The minimum atomic E-state index is -7.22. The van der Waals surface area contributed by atoms with Crippen molar-refractivity contribution in [1.29, 1.82) is 0 Å². The van der Waals surface area contributed by atoms with Crippen LogP contribution in [0.3, 0.4) is 0 Å². The van der Waals surface area contributed by atoms with E-state index in [4.69, 9.17) is 0 Å². The molecular weight excluding hydrogens is 854 g/mol. The van der Waals surface area contributed by atoms with Crippen molar-refractivity contribution >= 4 is 47.2 Å². The molecular formula is C36H12BF20P. The van der Waals surface area contributed by atoms with Gasteiger partial charge in [0, 0.05) is 0 Å². The Labute approximate surface area is 312 Å². The zero-order valence-corrected chi connectivity index (χ0v) is 28.6. The summed E-state index contributed by atoms with van der Waals surface area (Å²) in [4.78, 5) is 0. The summed E-state index contributed by atoms with van der Waals surface area (Å²) in [6.07, 6.45) is -7.22. The second-order valence-corrected chi connectivity index (χ2v) is 13.4. The summed E-state index contributed by atoms with van der Waals surface area (Å²) in [5, 5.41) is 2.90. The molecule has 0 unspecified atom stereocenters. The predicted octanol–water partition coefficient (Wildman–Crippen LogP) is 7.89. The lowest BCUT2D eigenvalue weighted by Gasteiger charge is -2.44. The predicted molar refractivity (Wildman–Crippen MR) is 171 cm³/mol. The summed E-state index contributed by atoms with van der Waals surface area (Å²) in [6, 6.07) is 21.3. The molecule has 0 N–H and O–H groups in total. The molecule has 0 saturated heterocycles. The van der Waals surface area contributed by atoms with Crippen LogP contribution < -0.4 is 32.5 Å². The smallest absolute Gasteiger partial charge is 0.200 e. The van der Waals surface area contributed by atoms with Gasteiger partial charge in [-0.1, -0.05) is 36.4 Å². The van der Waals surface area contributed by atoms with E-state index in [1.54, 1.807) is 0 Å². The fourth-order valence-electron chi connectivity index (χ4n) is 6.17. The molecule has 0 aliphatic heterocycles. The second-order valence-electron chi connectivity index (χ2n) is 11.8. The van der Waals surface area contributed by atoms with E-state index in [9.17, 15) is 52.7 Å². The maximum atomic E-state index is 15.4. The molecule has 0 fully saturated rings. The Hall–Kier alpha value is -5.59.